The quantitative estimate of drug-likeness (QED) is 0.665. The Morgan fingerprint density at radius 3 is 2.65 bits per heavy atom. The number of aromatic nitrogens is 2. The summed E-state index contributed by atoms with van der Waals surface area (Å²) < 4.78 is 36.5. The zero-order valence-corrected chi connectivity index (χ0v) is 13.7. The summed E-state index contributed by atoms with van der Waals surface area (Å²) in [6, 6.07) is 12.1. The van der Waals surface area contributed by atoms with Crippen molar-refractivity contribution < 1.29 is 8.42 Å². The number of hydrogen-bond acceptors (Lipinski definition) is 5. The lowest BCUT2D eigenvalue weighted by molar-refractivity contribution is 0.602. The summed E-state index contributed by atoms with van der Waals surface area (Å²) >= 11 is 3.08. The smallest absolute Gasteiger partial charge is 0.264 e. The van der Waals surface area contributed by atoms with Crippen LogP contribution in [0.25, 0.3) is 11.0 Å². The molecule has 0 aliphatic rings. The molecule has 0 amide bonds. The number of rotatable bonds is 3. The zero-order valence-electron chi connectivity index (χ0n) is 9.95. The van der Waals surface area contributed by atoms with Crippen LogP contribution in [0.1, 0.15) is 0 Å². The molecule has 8 heteroatoms. The van der Waals surface area contributed by atoms with Crippen molar-refractivity contribution in [3.63, 3.8) is 0 Å². The summed E-state index contributed by atoms with van der Waals surface area (Å²) in [6.07, 6.45) is 0. The second kappa shape index (κ2) is 5.26. The monoisotopic (exact) mass is 417 g/mol. The summed E-state index contributed by atoms with van der Waals surface area (Å²) in [5.74, 6) is 0. The van der Waals surface area contributed by atoms with Crippen molar-refractivity contribution >= 4 is 61.1 Å². The molecule has 0 spiro atoms. The van der Waals surface area contributed by atoms with E-state index < -0.39 is 10.0 Å². The Labute approximate surface area is 133 Å². The van der Waals surface area contributed by atoms with Crippen LogP contribution in [0.15, 0.2) is 47.4 Å². The highest BCUT2D eigenvalue weighted by atomic mass is 127. The maximum Gasteiger partial charge on any atom is 0.264 e. The molecule has 5 nitrogen and oxygen atoms in total. The van der Waals surface area contributed by atoms with Crippen LogP contribution < -0.4 is 4.72 Å². The molecule has 2 aromatic carbocycles. The number of benzene rings is 2. The van der Waals surface area contributed by atoms with Gasteiger partial charge in [-0.1, -0.05) is 18.2 Å². The molecule has 0 radical (unpaired) electrons. The first-order valence-electron chi connectivity index (χ1n) is 5.56. The Kier molecular flexibility index (Phi) is 3.61. The number of sulfonamides is 1. The highest BCUT2D eigenvalue weighted by molar-refractivity contribution is 14.1. The lowest BCUT2D eigenvalue weighted by atomic mass is 10.3. The van der Waals surface area contributed by atoms with Crippen molar-refractivity contribution in [2.45, 2.75) is 4.90 Å². The second-order valence-electron chi connectivity index (χ2n) is 3.97. The molecule has 0 fully saturated rings. The average molecular weight is 417 g/mol. The van der Waals surface area contributed by atoms with Crippen molar-refractivity contribution in [2.24, 2.45) is 0 Å². The third-order valence-corrected chi connectivity index (χ3v) is 5.54. The van der Waals surface area contributed by atoms with Crippen molar-refractivity contribution in [3.8, 4) is 0 Å². The Hall–Kier alpha value is -1.26. The third kappa shape index (κ3) is 2.50. The standard InChI is InChI=1S/C12H8IN3O2S2/c13-8-4-1-2-5-9(8)16-20(17,18)11-7-3-6-10-12(11)15-19-14-10/h1-7,16H. The summed E-state index contributed by atoms with van der Waals surface area (Å²) in [7, 11) is -3.68. The topological polar surface area (TPSA) is 72.0 Å². The van der Waals surface area contributed by atoms with Gasteiger partial charge in [-0.15, -0.1) is 0 Å². The van der Waals surface area contributed by atoms with E-state index in [1.54, 1.807) is 24.3 Å². The molecule has 0 atom stereocenters. The lowest BCUT2D eigenvalue weighted by Crippen LogP contribution is -2.14. The van der Waals surface area contributed by atoms with Gasteiger partial charge in [0.2, 0.25) is 0 Å². The van der Waals surface area contributed by atoms with Crippen LogP contribution in [0.5, 0.6) is 0 Å². The van der Waals surface area contributed by atoms with Gasteiger partial charge >= 0.3 is 0 Å². The van der Waals surface area contributed by atoms with Crippen LogP contribution in [0.4, 0.5) is 5.69 Å². The number of nitrogens with zero attached hydrogens (tertiary/aromatic N) is 2. The largest absolute Gasteiger partial charge is 0.278 e. The first-order chi connectivity index (χ1) is 9.58. The van der Waals surface area contributed by atoms with E-state index in [9.17, 15) is 8.42 Å². The fourth-order valence-electron chi connectivity index (χ4n) is 1.74. The van der Waals surface area contributed by atoms with Crippen molar-refractivity contribution in [1.29, 1.82) is 0 Å². The minimum Gasteiger partial charge on any atom is -0.278 e. The summed E-state index contributed by atoms with van der Waals surface area (Å²) in [6.45, 7) is 0. The minimum absolute atomic E-state index is 0.142. The summed E-state index contributed by atoms with van der Waals surface area (Å²) in [5.41, 5.74) is 1.53. The molecule has 0 unspecified atom stereocenters. The van der Waals surface area contributed by atoms with Crippen LogP contribution in [0.2, 0.25) is 0 Å². The average Bonchev–Trinajstić information content (AvgIpc) is 2.89. The van der Waals surface area contributed by atoms with Gasteiger partial charge in [-0.05, 0) is 46.9 Å². The van der Waals surface area contributed by atoms with Crippen LogP contribution in [-0.2, 0) is 10.0 Å². The fourth-order valence-corrected chi connectivity index (χ4v) is 4.29. The first kappa shape index (κ1) is 13.7. The molecule has 20 heavy (non-hydrogen) atoms. The summed E-state index contributed by atoms with van der Waals surface area (Å²) in [5, 5.41) is 0. The molecular weight excluding hydrogens is 409 g/mol. The fraction of sp³-hybridized carbons (Fsp3) is 0. The van der Waals surface area contributed by atoms with Gasteiger partial charge in [0.15, 0.2) is 0 Å². The van der Waals surface area contributed by atoms with E-state index in [1.807, 2.05) is 12.1 Å². The molecule has 0 bridgehead atoms. The molecule has 0 saturated carbocycles. The molecule has 0 saturated heterocycles. The lowest BCUT2D eigenvalue weighted by Gasteiger charge is -2.09. The zero-order chi connectivity index (χ0) is 14.2. The molecule has 0 aliphatic heterocycles. The molecule has 3 rings (SSSR count). The van der Waals surface area contributed by atoms with Gasteiger partial charge in [0.05, 0.1) is 17.4 Å². The predicted octanol–water partition coefficient (Wildman–Crippen LogP) is 3.10. The van der Waals surface area contributed by atoms with Gasteiger partial charge in [-0.25, -0.2) is 8.42 Å². The van der Waals surface area contributed by atoms with E-state index in [-0.39, 0.29) is 4.90 Å². The van der Waals surface area contributed by atoms with Crippen molar-refractivity contribution in [3.05, 3.63) is 46.0 Å². The SMILES string of the molecule is O=S(=O)(Nc1ccccc1I)c1cccc2nsnc12. The third-order valence-electron chi connectivity index (χ3n) is 2.66. The molecule has 1 N–H and O–H groups in total. The van der Waals surface area contributed by atoms with Crippen LogP contribution >= 0.6 is 34.3 Å². The number of para-hydroxylation sites is 1. The Morgan fingerprint density at radius 1 is 1.05 bits per heavy atom. The number of nitrogens with one attached hydrogen (secondary N) is 1. The molecule has 1 heterocycles. The van der Waals surface area contributed by atoms with E-state index >= 15 is 0 Å². The highest BCUT2D eigenvalue weighted by Gasteiger charge is 2.20. The van der Waals surface area contributed by atoms with Gasteiger partial charge in [0, 0.05) is 3.57 Å². The Morgan fingerprint density at radius 2 is 1.85 bits per heavy atom. The molecule has 0 aliphatic carbocycles. The summed E-state index contributed by atoms with van der Waals surface area (Å²) in [4.78, 5) is 0.142. The maximum atomic E-state index is 12.5. The number of anilines is 1. The van der Waals surface area contributed by atoms with Gasteiger partial charge in [-0.3, -0.25) is 4.72 Å². The van der Waals surface area contributed by atoms with E-state index in [0.29, 0.717) is 16.7 Å². The van der Waals surface area contributed by atoms with Gasteiger partial charge < -0.3 is 0 Å². The van der Waals surface area contributed by atoms with Gasteiger partial charge in [0.1, 0.15) is 15.9 Å². The van der Waals surface area contributed by atoms with Crippen molar-refractivity contribution in [1.82, 2.24) is 8.75 Å². The van der Waals surface area contributed by atoms with Crippen LogP contribution in [0.3, 0.4) is 0 Å². The Balaban J connectivity index is 2.09. The van der Waals surface area contributed by atoms with E-state index in [2.05, 4.69) is 36.1 Å². The van der Waals surface area contributed by atoms with Gasteiger partial charge in [-0.2, -0.15) is 8.75 Å². The predicted molar refractivity (Wildman–Crippen MR) is 87.4 cm³/mol. The molecular formula is C12H8IN3O2S2. The normalized spacial score (nSPS) is 11.7. The molecule has 3 aromatic rings. The van der Waals surface area contributed by atoms with Crippen molar-refractivity contribution in [2.75, 3.05) is 4.72 Å². The first-order valence-corrected chi connectivity index (χ1v) is 8.86. The number of fused-ring (bicyclic) bond motifs is 1. The molecule has 102 valence electrons. The van der Waals surface area contributed by atoms with Gasteiger partial charge in [0.25, 0.3) is 10.0 Å². The highest BCUT2D eigenvalue weighted by Crippen LogP contribution is 2.25. The van der Waals surface area contributed by atoms with Crippen LogP contribution in [-0.4, -0.2) is 17.2 Å². The van der Waals surface area contributed by atoms with Crippen LogP contribution in [0, 0.1) is 3.57 Å². The number of hydrogen-bond donors (Lipinski definition) is 1. The second-order valence-corrected chi connectivity index (χ2v) is 7.31. The number of halogens is 1. The molecule has 1 aromatic heterocycles. The van der Waals surface area contributed by atoms with E-state index in [4.69, 9.17) is 0 Å². The minimum atomic E-state index is -3.68. The Bertz CT molecular complexity index is 877. The maximum absolute atomic E-state index is 12.5. The van der Waals surface area contributed by atoms with E-state index in [1.165, 1.54) is 6.07 Å². The van der Waals surface area contributed by atoms with E-state index in [0.717, 1.165) is 15.3 Å².